The number of nitrogens with zero attached hydrogens (tertiary/aromatic N) is 2. The van der Waals surface area contributed by atoms with Crippen LogP contribution in [0.15, 0.2) is 0 Å². The number of hydrogen-bond acceptors (Lipinski definition) is 1. The monoisotopic (exact) mass is 201 g/mol. The lowest BCUT2D eigenvalue weighted by Crippen LogP contribution is -2.53. The Morgan fingerprint density at radius 3 is 1.64 bits per heavy atom. The third-order valence-corrected chi connectivity index (χ3v) is 2.17. The first kappa shape index (κ1) is 14.0. The second-order valence-electron chi connectivity index (χ2n) is 3.69. The molecule has 1 heterocycles. The fraction of sp³-hybridized carbons (Fsp3) is 1.00. The Bertz CT molecular complexity index is 96.6. The molecule has 0 unspecified atom stereocenters. The van der Waals surface area contributed by atoms with E-state index < -0.39 is 0 Å². The van der Waals surface area contributed by atoms with Crippen LogP contribution in [-0.4, -0.2) is 56.7 Å². The molecule has 0 N–H and O–H groups in total. The summed E-state index contributed by atoms with van der Waals surface area (Å²) in [6.07, 6.45) is 0. The zero-order valence-corrected chi connectivity index (χ0v) is 9.17. The van der Waals surface area contributed by atoms with Crippen molar-refractivity contribution in [2.24, 2.45) is 0 Å². The number of rotatable bonds is 0. The third-order valence-electron chi connectivity index (χ3n) is 2.17. The molecule has 1 aliphatic heterocycles. The second-order valence-corrected chi connectivity index (χ2v) is 3.69. The summed E-state index contributed by atoms with van der Waals surface area (Å²) >= 11 is 0. The van der Waals surface area contributed by atoms with Gasteiger partial charge in [0.05, 0.1) is 27.2 Å². The molecule has 4 heteroatoms. The topological polar surface area (TPSA) is 3.24 Å². The summed E-state index contributed by atoms with van der Waals surface area (Å²) in [5.74, 6) is 0. The maximum atomic E-state index is 2.39. The van der Waals surface area contributed by atoms with Gasteiger partial charge in [0.2, 0.25) is 0 Å². The van der Waals surface area contributed by atoms with Crippen molar-refractivity contribution in [1.29, 1.82) is 0 Å². The minimum Gasteiger partial charge on any atom is -0.326 e. The average molecular weight is 202 g/mol. The standard InChI is InChI=1S/C7H17N2.2ClH/c1-8-4-6-9(2,3)7-5-8;;/h4-7H2,1-3H3;2*1H/q+1;;. The van der Waals surface area contributed by atoms with Crippen molar-refractivity contribution >= 4 is 24.8 Å². The highest BCUT2D eigenvalue weighted by Gasteiger charge is 2.21. The summed E-state index contributed by atoms with van der Waals surface area (Å²) in [6.45, 7) is 5.12. The molecule has 0 amide bonds. The van der Waals surface area contributed by atoms with Crippen molar-refractivity contribution in [2.45, 2.75) is 0 Å². The van der Waals surface area contributed by atoms with Gasteiger partial charge in [-0.25, -0.2) is 0 Å². The molecule has 1 aliphatic rings. The van der Waals surface area contributed by atoms with Crippen LogP contribution in [0.25, 0.3) is 0 Å². The number of quaternary nitrogens is 1. The van der Waals surface area contributed by atoms with Crippen LogP contribution >= 0.6 is 24.8 Å². The summed E-state index contributed by atoms with van der Waals surface area (Å²) < 4.78 is 1.20. The van der Waals surface area contributed by atoms with Crippen molar-refractivity contribution in [2.75, 3.05) is 47.3 Å². The van der Waals surface area contributed by atoms with E-state index in [2.05, 4.69) is 26.0 Å². The van der Waals surface area contributed by atoms with Crippen molar-refractivity contribution in [1.82, 2.24) is 4.90 Å². The maximum absolute atomic E-state index is 2.39. The highest BCUT2D eigenvalue weighted by Crippen LogP contribution is 2.03. The predicted molar refractivity (Wildman–Crippen MR) is 53.8 cm³/mol. The lowest BCUT2D eigenvalue weighted by atomic mass is 10.3. The van der Waals surface area contributed by atoms with Crippen molar-refractivity contribution in [3.63, 3.8) is 0 Å². The molecular formula is C7H19Cl2N2+. The second kappa shape index (κ2) is 5.20. The van der Waals surface area contributed by atoms with Gasteiger partial charge in [-0.3, -0.25) is 4.90 Å². The lowest BCUT2D eigenvalue weighted by Gasteiger charge is -2.37. The normalized spacial score (nSPS) is 23.2. The van der Waals surface area contributed by atoms with Crippen LogP contribution in [0, 0.1) is 0 Å². The van der Waals surface area contributed by atoms with Gasteiger partial charge in [0.25, 0.3) is 0 Å². The largest absolute Gasteiger partial charge is 0.326 e. The highest BCUT2D eigenvalue weighted by molar-refractivity contribution is 5.85. The Balaban J connectivity index is 0. The van der Waals surface area contributed by atoms with Crippen LogP contribution in [-0.2, 0) is 0 Å². The van der Waals surface area contributed by atoms with Gasteiger partial charge >= 0.3 is 0 Å². The molecule has 0 saturated carbocycles. The first-order chi connectivity index (χ1) is 4.10. The number of piperazine rings is 1. The van der Waals surface area contributed by atoms with Crippen molar-refractivity contribution in [3.05, 3.63) is 0 Å². The van der Waals surface area contributed by atoms with Crippen LogP contribution in [0.4, 0.5) is 0 Å². The maximum Gasteiger partial charge on any atom is 0.0912 e. The predicted octanol–water partition coefficient (Wildman–Crippen LogP) is 0.852. The Morgan fingerprint density at radius 1 is 1.00 bits per heavy atom. The quantitative estimate of drug-likeness (QED) is 0.526. The van der Waals surface area contributed by atoms with Gasteiger partial charge in [-0.1, -0.05) is 0 Å². The summed E-state index contributed by atoms with van der Waals surface area (Å²) in [7, 11) is 6.79. The summed E-state index contributed by atoms with van der Waals surface area (Å²) in [5, 5.41) is 0. The SMILES string of the molecule is CN1CC[N+](C)(C)CC1.Cl.Cl. The molecule has 0 aromatic heterocycles. The molecule has 2 nitrogen and oxygen atoms in total. The first-order valence-electron chi connectivity index (χ1n) is 3.61. The Hall–Kier alpha value is 0.500. The molecule has 0 aromatic rings. The van der Waals surface area contributed by atoms with Crippen LogP contribution in [0.3, 0.4) is 0 Å². The molecule has 1 rings (SSSR count). The van der Waals surface area contributed by atoms with E-state index in [1.165, 1.54) is 30.7 Å². The zero-order valence-electron chi connectivity index (χ0n) is 7.54. The smallest absolute Gasteiger partial charge is 0.0912 e. The molecule has 0 aliphatic carbocycles. The molecule has 11 heavy (non-hydrogen) atoms. The third kappa shape index (κ3) is 4.86. The Morgan fingerprint density at radius 2 is 1.36 bits per heavy atom. The van der Waals surface area contributed by atoms with E-state index in [0.29, 0.717) is 0 Å². The van der Waals surface area contributed by atoms with E-state index in [-0.39, 0.29) is 24.8 Å². The lowest BCUT2D eigenvalue weighted by molar-refractivity contribution is -0.894. The summed E-state index contributed by atoms with van der Waals surface area (Å²) in [4.78, 5) is 2.39. The van der Waals surface area contributed by atoms with Crippen LogP contribution < -0.4 is 0 Å². The zero-order chi connectivity index (χ0) is 6.91. The minimum absolute atomic E-state index is 0. The van der Waals surface area contributed by atoms with Gasteiger partial charge in [-0.2, -0.15) is 0 Å². The van der Waals surface area contributed by atoms with Gasteiger partial charge in [0.1, 0.15) is 0 Å². The van der Waals surface area contributed by atoms with Gasteiger partial charge in [0.15, 0.2) is 0 Å². The van der Waals surface area contributed by atoms with Crippen LogP contribution in [0.1, 0.15) is 0 Å². The van der Waals surface area contributed by atoms with E-state index in [0.717, 1.165) is 0 Å². The number of likely N-dealkylation sites (N-methyl/N-ethyl adjacent to an activating group) is 2. The molecule has 0 bridgehead atoms. The van der Waals surface area contributed by atoms with Gasteiger partial charge in [-0.05, 0) is 7.05 Å². The molecule has 70 valence electrons. The molecule has 0 spiro atoms. The van der Waals surface area contributed by atoms with E-state index >= 15 is 0 Å². The molecule has 0 atom stereocenters. The summed E-state index contributed by atoms with van der Waals surface area (Å²) in [5.41, 5.74) is 0. The number of halogens is 2. The Kier molecular flexibility index (Phi) is 6.64. The van der Waals surface area contributed by atoms with Crippen LogP contribution in [0.2, 0.25) is 0 Å². The van der Waals surface area contributed by atoms with Gasteiger partial charge in [-0.15, -0.1) is 24.8 Å². The Labute approximate surface area is 82.0 Å². The number of hydrogen-bond donors (Lipinski definition) is 0. The highest BCUT2D eigenvalue weighted by atomic mass is 35.5. The van der Waals surface area contributed by atoms with Crippen molar-refractivity contribution < 1.29 is 4.48 Å². The van der Waals surface area contributed by atoms with Gasteiger partial charge in [0, 0.05) is 13.1 Å². The molecular weight excluding hydrogens is 183 g/mol. The average Bonchev–Trinajstić information content (AvgIpc) is 1.78. The summed E-state index contributed by atoms with van der Waals surface area (Å²) in [6, 6.07) is 0. The molecule has 1 fully saturated rings. The first-order valence-corrected chi connectivity index (χ1v) is 3.61. The van der Waals surface area contributed by atoms with Crippen LogP contribution in [0.5, 0.6) is 0 Å². The fourth-order valence-corrected chi connectivity index (χ4v) is 1.11. The molecule has 0 radical (unpaired) electrons. The fourth-order valence-electron chi connectivity index (χ4n) is 1.11. The van der Waals surface area contributed by atoms with E-state index in [1.54, 1.807) is 0 Å². The molecule has 0 aromatic carbocycles. The minimum atomic E-state index is 0. The van der Waals surface area contributed by atoms with E-state index in [1.807, 2.05) is 0 Å². The van der Waals surface area contributed by atoms with Gasteiger partial charge < -0.3 is 4.48 Å². The molecule has 1 saturated heterocycles. The van der Waals surface area contributed by atoms with Crippen molar-refractivity contribution in [3.8, 4) is 0 Å². The van der Waals surface area contributed by atoms with E-state index in [4.69, 9.17) is 0 Å². The van der Waals surface area contributed by atoms with E-state index in [9.17, 15) is 0 Å².